The normalized spacial score (nSPS) is 13.8. The van der Waals surface area contributed by atoms with E-state index in [1.54, 1.807) is 13.0 Å². The second kappa shape index (κ2) is 8.05. The Bertz CT molecular complexity index is 937. The van der Waals surface area contributed by atoms with Crippen molar-refractivity contribution in [1.29, 1.82) is 0 Å². The third kappa shape index (κ3) is 4.09. The van der Waals surface area contributed by atoms with E-state index < -0.39 is 16.8 Å². The van der Waals surface area contributed by atoms with E-state index in [1.165, 1.54) is 30.3 Å². The van der Waals surface area contributed by atoms with Gasteiger partial charge in [0.05, 0.1) is 35.0 Å². The summed E-state index contributed by atoms with van der Waals surface area (Å²) in [7, 11) is 0. The van der Waals surface area contributed by atoms with Gasteiger partial charge in [-0.1, -0.05) is 0 Å². The molecule has 0 aromatic heterocycles. The van der Waals surface area contributed by atoms with Crippen LogP contribution in [0.3, 0.4) is 0 Å². The van der Waals surface area contributed by atoms with Crippen LogP contribution >= 0.6 is 0 Å². The summed E-state index contributed by atoms with van der Waals surface area (Å²) < 4.78 is 5.33. The maximum Gasteiger partial charge on any atom is 0.335 e. The number of nitrogens with zero attached hydrogens (tertiary/aromatic N) is 2. The number of ether oxygens (including phenoxy) is 1. The van der Waals surface area contributed by atoms with Crippen molar-refractivity contribution in [1.82, 2.24) is 0 Å². The maximum atomic E-state index is 12.9. The van der Waals surface area contributed by atoms with Crippen molar-refractivity contribution in [3.05, 3.63) is 63.2 Å². The van der Waals surface area contributed by atoms with Gasteiger partial charge in [-0.2, -0.15) is 0 Å². The number of non-ortho nitro benzene ring substituents is 1. The lowest BCUT2D eigenvalue weighted by molar-refractivity contribution is -0.384. The van der Waals surface area contributed by atoms with Gasteiger partial charge in [-0.3, -0.25) is 14.9 Å². The summed E-state index contributed by atoms with van der Waals surface area (Å²) >= 11 is 0. The Morgan fingerprint density at radius 2 is 1.89 bits per heavy atom. The fraction of sp³-hybridized carbons (Fsp3) is 0.263. The number of benzene rings is 2. The number of nitrogens with one attached hydrogen (secondary N) is 1. The first kappa shape index (κ1) is 19.3. The van der Waals surface area contributed by atoms with Crippen LogP contribution in [0.4, 0.5) is 17.1 Å². The summed E-state index contributed by atoms with van der Waals surface area (Å²) in [6.45, 7) is 3.84. The molecule has 9 heteroatoms. The number of carbonyl (C=O) groups is 2. The molecule has 1 amide bonds. The molecule has 1 fully saturated rings. The molecular formula is C19H19N3O6. The van der Waals surface area contributed by atoms with Gasteiger partial charge in [-0.15, -0.1) is 0 Å². The van der Waals surface area contributed by atoms with Crippen molar-refractivity contribution in [2.24, 2.45) is 0 Å². The Morgan fingerprint density at radius 3 is 2.50 bits per heavy atom. The van der Waals surface area contributed by atoms with Crippen LogP contribution in [0.5, 0.6) is 0 Å². The van der Waals surface area contributed by atoms with Gasteiger partial charge in [0.15, 0.2) is 0 Å². The molecule has 2 aromatic rings. The van der Waals surface area contributed by atoms with Crippen LogP contribution in [0.15, 0.2) is 36.4 Å². The number of amides is 1. The molecule has 2 aromatic carbocycles. The summed E-state index contributed by atoms with van der Waals surface area (Å²) in [5.41, 5.74) is 1.71. The number of anilines is 2. The second-order valence-electron chi connectivity index (χ2n) is 6.35. The van der Waals surface area contributed by atoms with E-state index in [0.717, 1.165) is 0 Å². The van der Waals surface area contributed by atoms with E-state index in [2.05, 4.69) is 5.32 Å². The van der Waals surface area contributed by atoms with Crippen LogP contribution in [0.1, 0.15) is 26.3 Å². The molecule has 0 unspecified atom stereocenters. The van der Waals surface area contributed by atoms with Gasteiger partial charge in [0.1, 0.15) is 0 Å². The maximum absolute atomic E-state index is 12.9. The average Bonchev–Trinajstić information content (AvgIpc) is 2.69. The Kier molecular flexibility index (Phi) is 5.55. The standard InChI is InChI=1S/C19H19N3O6/c1-12-10-13(19(24)25)2-4-16(12)20-18(23)15-11-14(22(26)27)3-5-17(15)21-6-8-28-9-7-21/h2-5,10-11H,6-9H2,1H3,(H,20,23)(H,24,25). The molecule has 3 rings (SSSR count). The Balaban J connectivity index is 1.94. The van der Waals surface area contributed by atoms with Crippen LogP contribution < -0.4 is 10.2 Å². The minimum atomic E-state index is -1.06. The number of aryl methyl sites for hydroxylation is 1. The van der Waals surface area contributed by atoms with E-state index in [0.29, 0.717) is 43.2 Å². The highest BCUT2D eigenvalue weighted by molar-refractivity contribution is 6.09. The van der Waals surface area contributed by atoms with E-state index in [1.807, 2.05) is 4.90 Å². The first-order valence-electron chi connectivity index (χ1n) is 8.63. The van der Waals surface area contributed by atoms with Gasteiger partial charge in [0.25, 0.3) is 11.6 Å². The molecule has 1 heterocycles. The van der Waals surface area contributed by atoms with Crippen LogP contribution in [-0.4, -0.2) is 48.2 Å². The second-order valence-corrected chi connectivity index (χ2v) is 6.35. The molecule has 0 aliphatic carbocycles. The monoisotopic (exact) mass is 385 g/mol. The first-order valence-corrected chi connectivity index (χ1v) is 8.63. The number of aromatic carboxylic acids is 1. The van der Waals surface area contributed by atoms with Gasteiger partial charge in [-0.05, 0) is 36.8 Å². The van der Waals surface area contributed by atoms with Crippen molar-refractivity contribution >= 4 is 28.9 Å². The highest BCUT2D eigenvalue weighted by Crippen LogP contribution is 2.28. The fourth-order valence-electron chi connectivity index (χ4n) is 3.03. The zero-order chi connectivity index (χ0) is 20.3. The topological polar surface area (TPSA) is 122 Å². The quantitative estimate of drug-likeness (QED) is 0.599. The number of nitro benzene ring substituents is 1. The first-order chi connectivity index (χ1) is 13.4. The number of carboxylic acids is 1. The van der Waals surface area contributed by atoms with Crippen LogP contribution in [0.25, 0.3) is 0 Å². The number of carboxylic acid groups (broad SMARTS) is 1. The SMILES string of the molecule is Cc1cc(C(=O)O)ccc1NC(=O)c1cc([N+](=O)[O-])ccc1N1CCOCC1. The van der Waals surface area contributed by atoms with E-state index in [4.69, 9.17) is 9.84 Å². The van der Waals surface area contributed by atoms with Gasteiger partial charge in [-0.25, -0.2) is 4.79 Å². The summed E-state index contributed by atoms with van der Waals surface area (Å²) in [5, 5.41) is 22.9. The van der Waals surface area contributed by atoms with Gasteiger partial charge in [0, 0.05) is 30.9 Å². The third-order valence-electron chi connectivity index (χ3n) is 4.51. The zero-order valence-corrected chi connectivity index (χ0v) is 15.2. The Hall–Kier alpha value is -3.46. The summed E-state index contributed by atoms with van der Waals surface area (Å²) in [4.78, 5) is 36.5. The van der Waals surface area contributed by atoms with Crippen LogP contribution in [-0.2, 0) is 4.74 Å². The number of carbonyl (C=O) groups excluding carboxylic acids is 1. The van der Waals surface area contributed by atoms with Crippen molar-refractivity contribution in [2.45, 2.75) is 6.92 Å². The van der Waals surface area contributed by atoms with Gasteiger partial charge >= 0.3 is 5.97 Å². The average molecular weight is 385 g/mol. The van der Waals surface area contributed by atoms with Crippen LogP contribution in [0, 0.1) is 17.0 Å². The summed E-state index contributed by atoms with van der Waals surface area (Å²) in [6, 6.07) is 8.53. The van der Waals surface area contributed by atoms with Crippen molar-refractivity contribution in [3.63, 3.8) is 0 Å². The number of hydrogen-bond donors (Lipinski definition) is 2. The van der Waals surface area contributed by atoms with Crippen molar-refractivity contribution in [2.75, 3.05) is 36.5 Å². The van der Waals surface area contributed by atoms with E-state index in [-0.39, 0.29) is 16.8 Å². The summed E-state index contributed by atoms with van der Waals surface area (Å²) in [5.74, 6) is -1.56. The van der Waals surface area contributed by atoms with E-state index >= 15 is 0 Å². The predicted molar refractivity (Wildman–Crippen MR) is 102 cm³/mol. The zero-order valence-electron chi connectivity index (χ0n) is 15.2. The van der Waals surface area contributed by atoms with E-state index in [9.17, 15) is 19.7 Å². The predicted octanol–water partition coefficient (Wildman–Crippen LogP) is 2.69. The lowest BCUT2D eigenvalue weighted by Gasteiger charge is -2.30. The summed E-state index contributed by atoms with van der Waals surface area (Å²) in [6.07, 6.45) is 0. The number of nitro groups is 1. The van der Waals surface area contributed by atoms with Crippen molar-refractivity contribution < 1.29 is 24.4 Å². The molecular weight excluding hydrogens is 366 g/mol. The lowest BCUT2D eigenvalue weighted by atomic mass is 10.1. The molecule has 1 aliphatic rings. The Morgan fingerprint density at radius 1 is 1.18 bits per heavy atom. The van der Waals surface area contributed by atoms with Gasteiger partial charge < -0.3 is 20.1 Å². The number of hydrogen-bond acceptors (Lipinski definition) is 6. The highest BCUT2D eigenvalue weighted by atomic mass is 16.6. The van der Waals surface area contributed by atoms with Crippen molar-refractivity contribution in [3.8, 4) is 0 Å². The van der Waals surface area contributed by atoms with Gasteiger partial charge in [0.2, 0.25) is 0 Å². The molecule has 0 radical (unpaired) electrons. The molecule has 2 N–H and O–H groups in total. The smallest absolute Gasteiger partial charge is 0.335 e. The molecule has 1 aliphatic heterocycles. The molecule has 1 saturated heterocycles. The molecule has 0 atom stereocenters. The minimum absolute atomic E-state index is 0.111. The lowest BCUT2D eigenvalue weighted by Crippen LogP contribution is -2.37. The molecule has 0 bridgehead atoms. The third-order valence-corrected chi connectivity index (χ3v) is 4.51. The minimum Gasteiger partial charge on any atom is -0.478 e. The molecule has 0 saturated carbocycles. The molecule has 0 spiro atoms. The largest absolute Gasteiger partial charge is 0.478 e. The fourth-order valence-corrected chi connectivity index (χ4v) is 3.03. The van der Waals surface area contributed by atoms with Crippen LogP contribution in [0.2, 0.25) is 0 Å². The molecule has 9 nitrogen and oxygen atoms in total. The molecule has 28 heavy (non-hydrogen) atoms. The number of rotatable bonds is 5. The highest BCUT2D eigenvalue weighted by Gasteiger charge is 2.22. The molecule has 146 valence electrons. The Labute approximate surface area is 160 Å². The number of morpholine rings is 1.